The van der Waals surface area contributed by atoms with Crippen LogP contribution in [-0.4, -0.2) is 18.4 Å². The molecule has 1 unspecified atom stereocenters. The number of nitrogens with one attached hydrogen (secondary N) is 2. The third-order valence-electron chi connectivity index (χ3n) is 3.38. The third kappa shape index (κ3) is 3.51. The summed E-state index contributed by atoms with van der Waals surface area (Å²) in [7, 11) is -3.57. The van der Waals surface area contributed by atoms with Crippen molar-refractivity contribution in [2.45, 2.75) is 45.1 Å². The van der Waals surface area contributed by atoms with Crippen LogP contribution in [0.25, 0.3) is 0 Å². The fourth-order valence-electron chi connectivity index (χ4n) is 2.29. The summed E-state index contributed by atoms with van der Waals surface area (Å²) in [5.41, 5.74) is 2.70. The summed E-state index contributed by atoms with van der Waals surface area (Å²) < 4.78 is 27.8. The number of nitrogens with zero attached hydrogens (tertiary/aromatic N) is 1. The first-order valence-electron chi connectivity index (χ1n) is 6.94. The van der Waals surface area contributed by atoms with Crippen LogP contribution in [0, 0.1) is 20.8 Å². The molecule has 0 radical (unpaired) electrons. The summed E-state index contributed by atoms with van der Waals surface area (Å²) in [4.78, 5) is 7.62. The molecule has 5 nitrogen and oxygen atoms in total. The van der Waals surface area contributed by atoms with Gasteiger partial charge in [0.15, 0.2) is 0 Å². The van der Waals surface area contributed by atoms with Gasteiger partial charge in [0.1, 0.15) is 5.82 Å². The van der Waals surface area contributed by atoms with Gasteiger partial charge in [0.05, 0.1) is 10.9 Å². The standard InChI is InChI=1S/C15H21N3O2S/c1-5-13(15-16-9-12(4)17-15)18-21(19,20)14-7-6-10(2)8-11(14)3/h6-9,13,18H,5H2,1-4H3,(H,16,17). The minimum atomic E-state index is -3.57. The largest absolute Gasteiger partial charge is 0.345 e. The second kappa shape index (κ2) is 5.99. The molecule has 1 atom stereocenters. The summed E-state index contributed by atoms with van der Waals surface area (Å²) in [6.45, 7) is 7.56. The zero-order chi connectivity index (χ0) is 15.6. The number of hydrogen-bond acceptors (Lipinski definition) is 3. The van der Waals surface area contributed by atoms with Gasteiger partial charge >= 0.3 is 0 Å². The van der Waals surface area contributed by atoms with Crippen molar-refractivity contribution in [3.63, 3.8) is 0 Å². The van der Waals surface area contributed by atoms with Gasteiger partial charge in [0, 0.05) is 11.9 Å². The van der Waals surface area contributed by atoms with Crippen LogP contribution in [0.2, 0.25) is 0 Å². The minimum Gasteiger partial charge on any atom is -0.345 e. The molecule has 0 aliphatic heterocycles. The Balaban J connectivity index is 2.31. The van der Waals surface area contributed by atoms with E-state index in [0.29, 0.717) is 17.1 Å². The third-order valence-corrected chi connectivity index (χ3v) is 5.01. The molecule has 0 fully saturated rings. The molecule has 0 saturated carbocycles. The lowest BCUT2D eigenvalue weighted by Gasteiger charge is -2.16. The predicted octanol–water partition coefficient (Wildman–Crippen LogP) is 2.76. The number of sulfonamides is 1. The van der Waals surface area contributed by atoms with Crippen molar-refractivity contribution in [2.24, 2.45) is 0 Å². The number of rotatable bonds is 5. The van der Waals surface area contributed by atoms with Gasteiger partial charge in [-0.1, -0.05) is 24.6 Å². The van der Waals surface area contributed by atoms with Crippen LogP contribution in [-0.2, 0) is 10.0 Å². The molecule has 2 N–H and O–H groups in total. The van der Waals surface area contributed by atoms with Crippen LogP contribution in [0.3, 0.4) is 0 Å². The van der Waals surface area contributed by atoms with Gasteiger partial charge in [0.25, 0.3) is 0 Å². The van der Waals surface area contributed by atoms with E-state index < -0.39 is 10.0 Å². The Bertz CT molecular complexity index is 735. The quantitative estimate of drug-likeness (QED) is 0.892. The van der Waals surface area contributed by atoms with Crippen molar-refractivity contribution in [3.05, 3.63) is 47.0 Å². The average molecular weight is 307 g/mol. The van der Waals surface area contributed by atoms with Gasteiger partial charge in [-0.2, -0.15) is 0 Å². The molecule has 0 amide bonds. The molecular weight excluding hydrogens is 286 g/mol. The van der Waals surface area contributed by atoms with E-state index in [1.165, 1.54) is 0 Å². The van der Waals surface area contributed by atoms with E-state index in [4.69, 9.17) is 0 Å². The maximum Gasteiger partial charge on any atom is 0.241 e. The number of imidazole rings is 1. The van der Waals surface area contributed by atoms with Gasteiger partial charge < -0.3 is 4.98 Å². The van der Waals surface area contributed by atoms with E-state index in [0.717, 1.165) is 16.8 Å². The lowest BCUT2D eigenvalue weighted by molar-refractivity contribution is 0.538. The summed E-state index contributed by atoms with van der Waals surface area (Å²) in [6.07, 6.45) is 2.32. The van der Waals surface area contributed by atoms with E-state index in [2.05, 4.69) is 14.7 Å². The molecule has 21 heavy (non-hydrogen) atoms. The van der Waals surface area contributed by atoms with Crippen molar-refractivity contribution in [1.82, 2.24) is 14.7 Å². The monoisotopic (exact) mass is 307 g/mol. The van der Waals surface area contributed by atoms with Crippen molar-refractivity contribution >= 4 is 10.0 Å². The van der Waals surface area contributed by atoms with E-state index in [1.807, 2.05) is 26.8 Å². The Kier molecular flexibility index (Phi) is 4.49. The Hall–Kier alpha value is -1.66. The predicted molar refractivity (Wildman–Crippen MR) is 82.6 cm³/mol. The molecule has 1 aromatic heterocycles. The van der Waals surface area contributed by atoms with Crippen LogP contribution in [0.4, 0.5) is 0 Å². The van der Waals surface area contributed by atoms with Crippen molar-refractivity contribution in [1.29, 1.82) is 0 Å². The fourth-order valence-corrected chi connectivity index (χ4v) is 3.80. The van der Waals surface area contributed by atoms with Gasteiger partial charge in [-0.25, -0.2) is 18.1 Å². The van der Waals surface area contributed by atoms with Crippen LogP contribution >= 0.6 is 0 Å². The molecular formula is C15H21N3O2S. The number of benzene rings is 1. The zero-order valence-corrected chi connectivity index (χ0v) is 13.6. The lowest BCUT2D eigenvalue weighted by Crippen LogP contribution is -2.29. The molecule has 114 valence electrons. The topological polar surface area (TPSA) is 74.8 Å². The number of H-pyrrole nitrogens is 1. The number of aromatic amines is 1. The summed E-state index contributed by atoms with van der Waals surface area (Å²) >= 11 is 0. The first kappa shape index (κ1) is 15.7. The number of aryl methyl sites for hydroxylation is 3. The summed E-state index contributed by atoms with van der Waals surface area (Å²) in [5, 5.41) is 0. The SMILES string of the molecule is CCC(NS(=O)(=O)c1ccc(C)cc1C)c1ncc(C)[nH]1. The molecule has 0 aliphatic rings. The van der Waals surface area contributed by atoms with E-state index in [-0.39, 0.29) is 6.04 Å². The van der Waals surface area contributed by atoms with E-state index >= 15 is 0 Å². The minimum absolute atomic E-state index is 0.315. The molecule has 2 rings (SSSR count). The lowest BCUT2D eigenvalue weighted by atomic mass is 10.2. The zero-order valence-electron chi connectivity index (χ0n) is 12.8. The Morgan fingerprint density at radius 3 is 2.52 bits per heavy atom. The number of aromatic nitrogens is 2. The normalized spacial score (nSPS) is 13.3. The van der Waals surface area contributed by atoms with Gasteiger partial charge in [-0.15, -0.1) is 0 Å². The van der Waals surface area contributed by atoms with Crippen LogP contribution in [0.5, 0.6) is 0 Å². The highest BCUT2D eigenvalue weighted by molar-refractivity contribution is 7.89. The van der Waals surface area contributed by atoms with Crippen molar-refractivity contribution < 1.29 is 8.42 Å². The van der Waals surface area contributed by atoms with Gasteiger partial charge in [-0.05, 0) is 38.8 Å². The first-order chi connectivity index (χ1) is 9.83. The Morgan fingerprint density at radius 1 is 1.29 bits per heavy atom. The van der Waals surface area contributed by atoms with Gasteiger partial charge in [-0.3, -0.25) is 0 Å². The summed E-state index contributed by atoms with van der Waals surface area (Å²) in [6, 6.07) is 4.96. The highest BCUT2D eigenvalue weighted by atomic mass is 32.2. The molecule has 6 heteroatoms. The molecule has 1 aromatic carbocycles. The Labute approximate surface area is 125 Å². The molecule has 0 spiro atoms. The fraction of sp³-hybridized carbons (Fsp3) is 0.400. The maximum atomic E-state index is 12.6. The molecule has 2 aromatic rings. The van der Waals surface area contributed by atoms with Crippen molar-refractivity contribution in [2.75, 3.05) is 0 Å². The number of hydrogen-bond donors (Lipinski definition) is 2. The average Bonchev–Trinajstić information content (AvgIpc) is 2.82. The summed E-state index contributed by atoms with van der Waals surface area (Å²) in [5.74, 6) is 0.642. The van der Waals surface area contributed by atoms with Crippen molar-refractivity contribution in [3.8, 4) is 0 Å². The second-order valence-corrected chi connectivity index (χ2v) is 6.98. The second-order valence-electron chi connectivity index (χ2n) is 5.30. The molecule has 0 aliphatic carbocycles. The highest BCUT2D eigenvalue weighted by Gasteiger charge is 2.23. The van der Waals surface area contributed by atoms with Crippen LogP contribution in [0.15, 0.2) is 29.3 Å². The molecule has 0 bridgehead atoms. The first-order valence-corrected chi connectivity index (χ1v) is 8.43. The van der Waals surface area contributed by atoms with Gasteiger partial charge in [0.2, 0.25) is 10.0 Å². The van der Waals surface area contributed by atoms with Crippen LogP contribution in [0.1, 0.15) is 42.0 Å². The maximum absolute atomic E-state index is 12.6. The van der Waals surface area contributed by atoms with E-state index in [1.54, 1.807) is 25.3 Å². The Morgan fingerprint density at radius 2 is 2.00 bits per heavy atom. The molecule has 1 heterocycles. The van der Waals surface area contributed by atoms with E-state index in [9.17, 15) is 8.42 Å². The molecule has 0 saturated heterocycles. The van der Waals surface area contributed by atoms with Crippen LogP contribution < -0.4 is 4.72 Å². The highest BCUT2D eigenvalue weighted by Crippen LogP contribution is 2.21. The smallest absolute Gasteiger partial charge is 0.241 e.